The number of aryl methyl sites for hydroxylation is 1. The van der Waals surface area contributed by atoms with Crippen molar-refractivity contribution in [2.45, 2.75) is 18.7 Å². The summed E-state index contributed by atoms with van der Waals surface area (Å²) in [4.78, 5) is 14.1. The number of nitrogens with two attached hydrogens (primary N) is 1. The number of sulfonamides is 1. The number of hydrogen-bond acceptors (Lipinski definition) is 4. The van der Waals surface area contributed by atoms with Gasteiger partial charge < -0.3 is 9.64 Å². The standard InChI is InChI=1S/C18H21BrN2O4S/c1-12-10-14(11-17(13(12)2)26(20,23)24)18(22)21(3)8-9-25-16-6-4-15(19)5-7-16/h4-7,10-11H,8-9H2,1-3H3,(H2,20,23,24). The zero-order valence-corrected chi connectivity index (χ0v) is 17.2. The van der Waals surface area contributed by atoms with E-state index in [2.05, 4.69) is 15.9 Å². The van der Waals surface area contributed by atoms with E-state index in [4.69, 9.17) is 9.88 Å². The Morgan fingerprint density at radius 3 is 2.38 bits per heavy atom. The lowest BCUT2D eigenvalue weighted by atomic mass is 10.1. The van der Waals surface area contributed by atoms with Crippen LogP contribution in [-0.2, 0) is 10.0 Å². The van der Waals surface area contributed by atoms with Gasteiger partial charge in [0.1, 0.15) is 12.4 Å². The first-order valence-electron chi connectivity index (χ1n) is 7.87. The molecule has 2 aromatic carbocycles. The van der Waals surface area contributed by atoms with Crippen LogP contribution in [-0.4, -0.2) is 39.4 Å². The fraction of sp³-hybridized carbons (Fsp3) is 0.278. The summed E-state index contributed by atoms with van der Waals surface area (Å²) in [6.07, 6.45) is 0. The third-order valence-corrected chi connectivity index (χ3v) is 5.59. The van der Waals surface area contributed by atoms with Gasteiger partial charge in [-0.2, -0.15) is 0 Å². The van der Waals surface area contributed by atoms with Gasteiger partial charge in [-0.05, 0) is 61.4 Å². The number of likely N-dealkylation sites (N-methyl/N-ethyl adjacent to an activating group) is 1. The van der Waals surface area contributed by atoms with Crippen LogP contribution >= 0.6 is 15.9 Å². The molecule has 26 heavy (non-hydrogen) atoms. The van der Waals surface area contributed by atoms with Gasteiger partial charge in [-0.3, -0.25) is 4.79 Å². The van der Waals surface area contributed by atoms with Crippen molar-refractivity contribution >= 4 is 31.9 Å². The van der Waals surface area contributed by atoms with Crippen LogP contribution in [0.25, 0.3) is 0 Å². The van der Waals surface area contributed by atoms with Gasteiger partial charge in [0.2, 0.25) is 10.0 Å². The van der Waals surface area contributed by atoms with Crippen molar-refractivity contribution in [2.24, 2.45) is 5.14 Å². The monoisotopic (exact) mass is 440 g/mol. The zero-order chi connectivity index (χ0) is 19.5. The average molecular weight is 441 g/mol. The van der Waals surface area contributed by atoms with Crippen LogP contribution in [0.5, 0.6) is 5.75 Å². The van der Waals surface area contributed by atoms with E-state index in [1.54, 1.807) is 27.0 Å². The molecule has 2 aromatic rings. The van der Waals surface area contributed by atoms with E-state index in [0.717, 1.165) is 4.47 Å². The SMILES string of the molecule is Cc1cc(C(=O)N(C)CCOc2ccc(Br)cc2)cc(S(N)(=O)=O)c1C. The molecule has 1 amide bonds. The van der Waals surface area contributed by atoms with Crippen molar-refractivity contribution in [2.75, 3.05) is 20.2 Å². The van der Waals surface area contributed by atoms with Crippen molar-refractivity contribution < 1.29 is 17.9 Å². The summed E-state index contributed by atoms with van der Waals surface area (Å²) in [5.74, 6) is 0.411. The highest BCUT2D eigenvalue weighted by molar-refractivity contribution is 9.10. The van der Waals surface area contributed by atoms with E-state index in [1.807, 2.05) is 24.3 Å². The minimum atomic E-state index is -3.89. The van der Waals surface area contributed by atoms with Gasteiger partial charge >= 0.3 is 0 Å². The molecule has 0 radical (unpaired) electrons. The first kappa shape index (κ1) is 20.4. The van der Waals surface area contributed by atoms with Crippen molar-refractivity contribution in [3.63, 3.8) is 0 Å². The van der Waals surface area contributed by atoms with Gasteiger partial charge in [-0.1, -0.05) is 15.9 Å². The van der Waals surface area contributed by atoms with Gasteiger partial charge in [0.25, 0.3) is 5.91 Å². The predicted molar refractivity (Wildman–Crippen MR) is 104 cm³/mol. The van der Waals surface area contributed by atoms with E-state index < -0.39 is 10.0 Å². The lowest BCUT2D eigenvalue weighted by Gasteiger charge is -2.19. The number of halogens is 1. The van der Waals surface area contributed by atoms with E-state index in [-0.39, 0.29) is 16.4 Å². The molecule has 0 heterocycles. The van der Waals surface area contributed by atoms with Gasteiger partial charge in [0.15, 0.2) is 0 Å². The highest BCUT2D eigenvalue weighted by atomic mass is 79.9. The van der Waals surface area contributed by atoms with Gasteiger partial charge in [0.05, 0.1) is 11.4 Å². The van der Waals surface area contributed by atoms with E-state index in [9.17, 15) is 13.2 Å². The minimum absolute atomic E-state index is 0.0274. The molecule has 0 atom stereocenters. The molecule has 0 spiro atoms. The molecular formula is C18H21BrN2O4S. The average Bonchev–Trinajstić information content (AvgIpc) is 2.57. The zero-order valence-electron chi connectivity index (χ0n) is 14.8. The maximum atomic E-state index is 12.6. The van der Waals surface area contributed by atoms with Crippen LogP contribution in [0.1, 0.15) is 21.5 Å². The summed E-state index contributed by atoms with van der Waals surface area (Å²) in [5.41, 5.74) is 1.52. The first-order valence-corrected chi connectivity index (χ1v) is 10.2. The summed E-state index contributed by atoms with van der Waals surface area (Å²) in [6, 6.07) is 10.4. The molecule has 0 aromatic heterocycles. The normalized spacial score (nSPS) is 11.3. The Kier molecular flexibility index (Phi) is 6.44. The molecule has 2 rings (SSSR count). The summed E-state index contributed by atoms with van der Waals surface area (Å²) in [7, 11) is -2.26. The van der Waals surface area contributed by atoms with Crippen LogP contribution in [0.4, 0.5) is 0 Å². The topological polar surface area (TPSA) is 89.7 Å². The number of carbonyl (C=O) groups is 1. The predicted octanol–water partition coefficient (Wildman–Crippen LogP) is 2.86. The summed E-state index contributed by atoms with van der Waals surface area (Å²) in [5, 5.41) is 5.25. The summed E-state index contributed by atoms with van der Waals surface area (Å²) >= 11 is 3.35. The second kappa shape index (κ2) is 8.20. The van der Waals surface area contributed by atoms with Crippen LogP contribution < -0.4 is 9.88 Å². The molecule has 0 aliphatic rings. The Hall–Kier alpha value is -1.90. The fourth-order valence-corrected chi connectivity index (χ4v) is 3.54. The lowest BCUT2D eigenvalue weighted by molar-refractivity contribution is 0.0773. The molecule has 6 nitrogen and oxygen atoms in total. The molecule has 0 unspecified atom stereocenters. The first-order chi connectivity index (χ1) is 12.1. The molecule has 140 valence electrons. The van der Waals surface area contributed by atoms with E-state index in [0.29, 0.717) is 30.0 Å². The molecule has 2 N–H and O–H groups in total. The summed E-state index contributed by atoms with van der Waals surface area (Å²) in [6.45, 7) is 4.08. The Balaban J connectivity index is 2.08. The number of nitrogens with zero attached hydrogens (tertiary/aromatic N) is 1. The second-order valence-electron chi connectivity index (χ2n) is 5.99. The van der Waals surface area contributed by atoms with Crippen molar-refractivity contribution in [1.29, 1.82) is 0 Å². The molecule has 0 saturated heterocycles. The number of hydrogen-bond donors (Lipinski definition) is 1. The fourth-order valence-electron chi connectivity index (χ4n) is 2.40. The van der Waals surface area contributed by atoms with Crippen LogP contribution in [0, 0.1) is 13.8 Å². The highest BCUT2D eigenvalue weighted by Crippen LogP contribution is 2.21. The molecule has 0 bridgehead atoms. The Morgan fingerprint density at radius 1 is 1.19 bits per heavy atom. The van der Waals surface area contributed by atoms with Crippen molar-refractivity contribution in [1.82, 2.24) is 4.90 Å². The molecular weight excluding hydrogens is 420 g/mol. The molecule has 0 saturated carbocycles. The molecule has 0 aliphatic heterocycles. The summed E-state index contributed by atoms with van der Waals surface area (Å²) < 4.78 is 30.0. The van der Waals surface area contributed by atoms with E-state index >= 15 is 0 Å². The minimum Gasteiger partial charge on any atom is -0.492 e. The lowest BCUT2D eigenvalue weighted by Crippen LogP contribution is -2.31. The van der Waals surface area contributed by atoms with Gasteiger partial charge in [-0.15, -0.1) is 0 Å². The number of benzene rings is 2. The Morgan fingerprint density at radius 2 is 1.81 bits per heavy atom. The van der Waals surface area contributed by atoms with Gasteiger partial charge in [-0.25, -0.2) is 13.6 Å². The molecule has 0 fully saturated rings. The van der Waals surface area contributed by atoms with Crippen molar-refractivity contribution in [3.8, 4) is 5.75 Å². The molecule has 8 heteroatoms. The number of primary sulfonamides is 1. The second-order valence-corrected chi connectivity index (χ2v) is 8.44. The van der Waals surface area contributed by atoms with Crippen LogP contribution in [0.15, 0.2) is 45.8 Å². The number of ether oxygens (including phenoxy) is 1. The Bertz CT molecular complexity index is 912. The maximum Gasteiger partial charge on any atom is 0.253 e. The Labute approximate surface area is 162 Å². The third-order valence-electron chi connectivity index (χ3n) is 4.03. The van der Waals surface area contributed by atoms with Crippen LogP contribution in [0.3, 0.4) is 0 Å². The smallest absolute Gasteiger partial charge is 0.253 e. The third kappa shape index (κ3) is 5.06. The molecule has 0 aliphatic carbocycles. The number of amides is 1. The van der Waals surface area contributed by atoms with Crippen molar-refractivity contribution in [3.05, 3.63) is 57.6 Å². The van der Waals surface area contributed by atoms with Crippen LogP contribution in [0.2, 0.25) is 0 Å². The van der Waals surface area contributed by atoms with E-state index in [1.165, 1.54) is 11.0 Å². The highest BCUT2D eigenvalue weighted by Gasteiger charge is 2.19. The van der Waals surface area contributed by atoms with Gasteiger partial charge in [0, 0.05) is 17.1 Å². The number of carbonyl (C=O) groups excluding carboxylic acids is 1. The quantitative estimate of drug-likeness (QED) is 0.747. The maximum absolute atomic E-state index is 12.6. The number of rotatable bonds is 6. The largest absolute Gasteiger partial charge is 0.492 e.